The summed E-state index contributed by atoms with van der Waals surface area (Å²) in [4.78, 5) is 18.2. The number of anilines is 2. The molecule has 0 unspecified atom stereocenters. The van der Waals surface area contributed by atoms with Gasteiger partial charge in [0.2, 0.25) is 0 Å². The number of benzene rings is 1. The molecule has 0 spiro atoms. The van der Waals surface area contributed by atoms with Crippen molar-refractivity contribution in [2.75, 3.05) is 18.4 Å². The summed E-state index contributed by atoms with van der Waals surface area (Å²) in [5.41, 5.74) is 1.50. The molecule has 0 aliphatic heterocycles. The molecule has 0 atom stereocenters. The number of carbonyl (C=O) groups is 1. The third kappa shape index (κ3) is 3.95. The molecule has 1 N–H and O–H groups in total. The maximum atomic E-state index is 12.2. The molecule has 2 rings (SSSR count). The van der Waals surface area contributed by atoms with Gasteiger partial charge in [0.15, 0.2) is 0 Å². The van der Waals surface area contributed by atoms with E-state index in [1.807, 2.05) is 38.1 Å². The number of carbonyl (C=O) groups excluding carboxylic acids is 1. The number of halogens is 1. The molecule has 0 fully saturated rings. The van der Waals surface area contributed by atoms with Crippen molar-refractivity contribution in [3.05, 3.63) is 53.2 Å². The number of hydrogen-bond acceptors (Lipinski definition) is 3. The van der Waals surface area contributed by atoms with Crippen molar-refractivity contribution in [1.29, 1.82) is 0 Å². The summed E-state index contributed by atoms with van der Waals surface area (Å²) in [7, 11) is 0. The minimum absolute atomic E-state index is 0.00513. The van der Waals surface area contributed by atoms with Crippen molar-refractivity contribution in [3.8, 4) is 0 Å². The maximum Gasteiger partial charge on any atom is 0.255 e. The summed E-state index contributed by atoms with van der Waals surface area (Å²) in [5.74, 6) is 0.693. The van der Waals surface area contributed by atoms with Crippen molar-refractivity contribution in [1.82, 2.24) is 9.88 Å². The SMILES string of the molecule is CCN(CC)C(=O)c1ccc(Nc2ccc(Cl)cc2)nc1. The van der Waals surface area contributed by atoms with E-state index in [4.69, 9.17) is 11.6 Å². The van der Waals surface area contributed by atoms with Crippen LogP contribution in [0, 0.1) is 0 Å². The zero-order chi connectivity index (χ0) is 15.2. The molecule has 110 valence electrons. The Bertz CT molecular complexity index is 592. The van der Waals surface area contributed by atoms with E-state index in [0.29, 0.717) is 29.5 Å². The highest BCUT2D eigenvalue weighted by Gasteiger charge is 2.12. The number of amides is 1. The Kier molecular flexibility index (Phi) is 5.17. The second kappa shape index (κ2) is 7.09. The minimum Gasteiger partial charge on any atom is -0.340 e. The van der Waals surface area contributed by atoms with Crippen LogP contribution in [0.4, 0.5) is 11.5 Å². The summed E-state index contributed by atoms with van der Waals surface area (Å²) >= 11 is 5.84. The first kappa shape index (κ1) is 15.3. The van der Waals surface area contributed by atoms with Crippen LogP contribution >= 0.6 is 11.6 Å². The first-order valence-electron chi connectivity index (χ1n) is 6.92. The van der Waals surface area contributed by atoms with E-state index in [-0.39, 0.29) is 5.91 Å². The zero-order valence-electron chi connectivity index (χ0n) is 12.1. The molecule has 0 aliphatic rings. The van der Waals surface area contributed by atoms with Gasteiger partial charge in [-0.05, 0) is 50.2 Å². The second-order valence-electron chi connectivity index (χ2n) is 4.54. The van der Waals surface area contributed by atoms with Crippen LogP contribution in [-0.4, -0.2) is 28.9 Å². The van der Waals surface area contributed by atoms with Crippen LogP contribution in [0.25, 0.3) is 0 Å². The lowest BCUT2D eigenvalue weighted by molar-refractivity contribution is 0.0772. The van der Waals surface area contributed by atoms with Crippen LogP contribution in [0.5, 0.6) is 0 Å². The Morgan fingerprint density at radius 3 is 2.33 bits per heavy atom. The van der Waals surface area contributed by atoms with Crippen LogP contribution in [0.1, 0.15) is 24.2 Å². The first-order valence-corrected chi connectivity index (χ1v) is 7.29. The van der Waals surface area contributed by atoms with Crippen LogP contribution in [-0.2, 0) is 0 Å². The van der Waals surface area contributed by atoms with E-state index in [0.717, 1.165) is 5.69 Å². The smallest absolute Gasteiger partial charge is 0.255 e. The average Bonchev–Trinajstić information content (AvgIpc) is 2.51. The van der Waals surface area contributed by atoms with E-state index < -0.39 is 0 Å². The number of aromatic nitrogens is 1. The van der Waals surface area contributed by atoms with Crippen molar-refractivity contribution < 1.29 is 4.79 Å². The maximum absolute atomic E-state index is 12.2. The summed E-state index contributed by atoms with van der Waals surface area (Å²) in [6.07, 6.45) is 1.60. The van der Waals surface area contributed by atoms with E-state index >= 15 is 0 Å². The van der Waals surface area contributed by atoms with Gasteiger partial charge in [-0.1, -0.05) is 11.6 Å². The van der Waals surface area contributed by atoms with Gasteiger partial charge in [-0.2, -0.15) is 0 Å². The summed E-state index contributed by atoms with van der Waals surface area (Å²) < 4.78 is 0. The van der Waals surface area contributed by atoms with Crippen LogP contribution in [0.15, 0.2) is 42.6 Å². The van der Waals surface area contributed by atoms with Crippen LogP contribution in [0.3, 0.4) is 0 Å². The first-order chi connectivity index (χ1) is 10.1. The van der Waals surface area contributed by atoms with Crippen LogP contribution < -0.4 is 5.32 Å². The highest BCUT2D eigenvalue weighted by Crippen LogP contribution is 2.18. The lowest BCUT2D eigenvalue weighted by atomic mass is 10.2. The molecular formula is C16H18ClN3O. The molecule has 1 aromatic heterocycles. The third-order valence-electron chi connectivity index (χ3n) is 3.18. The molecule has 4 nitrogen and oxygen atoms in total. The molecule has 0 aliphatic carbocycles. The van der Waals surface area contributed by atoms with Gasteiger partial charge in [0.05, 0.1) is 5.56 Å². The highest BCUT2D eigenvalue weighted by atomic mass is 35.5. The third-order valence-corrected chi connectivity index (χ3v) is 3.43. The molecule has 0 bridgehead atoms. The molecule has 0 saturated heterocycles. The van der Waals surface area contributed by atoms with Crippen LogP contribution in [0.2, 0.25) is 5.02 Å². The summed E-state index contributed by atoms with van der Waals surface area (Å²) in [6, 6.07) is 10.9. The number of rotatable bonds is 5. The fourth-order valence-electron chi connectivity index (χ4n) is 1.97. The monoisotopic (exact) mass is 303 g/mol. The Morgan fingerprint density at radius 2 is 1.81 bits per heavy atom. The second-order valence-corrected chi connectivity index (χ2v) is 4.98. The van der Waals surface area contributed by atoms with Gasteiger partial charge in [-0.15, -0.1) is 0 Å². The number of nitrogens with zero attached hydrogens (tertiary/aromatic N) is 2. The Balaban J connectivity index is 2.08. The van der Waals surface area contributed by atoms with Gasteiger partial charge in [-0.3, -0.25) is 4.79 Å². The van der Waals surface area contributed by atoms with Crippen molar-refractivity contribution in [2.24, 2.45) is 0 Å². The van der Waals surface area contributed by atoms with E-state index in [1.165, 1.54) is 0 Å². The number of pyridine rings is 1. The van der Waals surface area contributed by atoms with Gasteiger partial charge in [-0.25, -0.2) is 4.98 Å². The molecule has 5 heteroatoms. The minimum atomic E-state index is 0.00513. The molecule has 2 aromatic rings. The normalized spacial score (nSPS) is 10.2. The van der Waals surface area contributed by atoms with E-state index in [9.17, 15) is 4.79 Å². The van der Waals surface area contributed by atoms with Gasteiger partial charge in [0.25, 0.3) is 5.91 Å². The zero-order valence-corrected chi connectivity index (χ0v) is 12.9. The van der Waals surface area contributed by atoms with Gasteiger partial charge < -0.3 is 10.2 Å². The molecule has 21 heavy (non-hydrogen) atoms. The Morgan fingerprint density at radius 1 is 1.14 bits per heavy atom. The van der Waals surface area contributed by atoms with E-state index in [2.05, 4.69) is 10.3 Å². The predicted molar refractivity (Wildman–Crippen MR) is 86.2 cm³/mol. The summed E-state index contributed by atoms with van der Waals surface area (Å²) in [6.45, 7) is 5.32. The van der Waals surface area contributed by atoms with Gasteiger partial charge in [0, 0.05) is 30.0 Å². The Labute approximate surface area is 129 Å². The summed E-state index contributed by atoms with van der Waals surface area (Å²) in [5, 5.41) is 3.85. The predicted octanol–water partition coefficient (Wildman–Crippen LogP) is 3.96. The van der Waals surface area contributed by atoms with Crippen molar-refractivity contribution >= 4 is 29.0 Å². The van der Waals surface area contributed by atoms with E-state index in [1.54, 1.807) is 23.2 Å². The Hall–Kier alpha value is -2.07. The molecular weight excluding hydrogens is 286 g/mol. The topological polar surface area (TPSA) is 45.2 Å². The fraction of sp³-hybridized carbons (Fsp3) is 0.250. The number of nitrogens with one attached hydrogen (secondary N) is 1. The standard InChI is InChI=1S/C16H18ClN3O/c1-3-20(4-2)16(21)12-5-10-15(18-11-12)19-14-8-6-13(17)7-9-14/h5-11H,3-4H2,1-2H3,(H,18,19). The quantitative estimate of drug-likeness (QED) is 0.909. The van der Waals surface area contributed by atoms with Gasteiger partial charge >= 0.3 is 0 Å². The fourth-order valence-corrected chi connectivity index (χ4v) is 2.09. The van der Waals surface area contributed by atoms with Gasteiger partial charge in [0.1, 0.15) is 5.82 Å². The largest absolute Gasteiger partial charge is 0.340 e. The van der Waals surface area contributed by atoms with Crippen molar-refractivity contribution in [3.63, 3.8) is 0 Å². The molecule has 1 aromatic carbocycles. The highest BCUT2D eigenvalue weighted by molar-refractivity contribution is 6.30. The molecule has 1 heterocycles. The lowest BCUT2D eigenvalue weighted by Crippen LogP contribution is -2.30. The number of hydrogen-bond donors (Lipinski definition) is 1. The van der Waals surface area contributed by atoms with Crippen molar-refractivity contribution in [2.45, 2.75) is 13.8 Å². The molecule has 0 saturated carbocycles. The average molecular weight is 304 g/mol. The molecule has 0 radical (unpaired) electrons. The molecule has 1 amide bonds. The lowest BCUT2D eigenvalue weighted by Gasteiger charge is -2.18.